The van der Waals surface area contributed by atoms with E-state index in [0.717, 1.165) is 18.5 Å². The lowest BCUT2D eigenvalue weighted by Crippen LogP contribution is -2.35. The zero-order valence-electron chi connectivity index (χ0n) is 10.9. The second-order valence-electron chi connectivity index (χ2n) is 4.37. The highest BCUT2D eigenvalue weighted by Crippen LogP contribution is 2.20. The Labute approximate surface area is 104 Å². The maximum Gasteiger partial charge on any atom is 0.229 e. The molecule has 0 bridgehead atoms. The second kappa shape index (κ2) is 6.28. The summed E-state index contributed by atoms with van der Waals surface area (Å²) in [6.07, 6.45) is 1.96. The van der Waals surface area contributed by atoms with Crippen molar-refractivity contribution in [1.82, 2.24) is 0 Å². The molecule has 1 atom stereocenters. The first kappa shape index (κ1) is 13.6. The van der Waals surface area contributed by atoms with Crippen LogP contribution in [0, 0.1) is 5.92 Å². The molecule has 0 spiro atoms. The van der Waals surface area contributed by atoms with Gasteiger partial charge in [-0.1, -0.05) is 26.3 Å². The van der Waals surface area contributed by atoms with Crippen molar-refractivity contribution >= 4 is 17.3 Å². The molecule has 2 N–H and O–H groups in total. The molecule has 0 radical (unpaired) electrons. The third-order valence-electron chi connectivity index (χ3n) is 2.91. The summed E-state index contributed by atoms with van der Waals surface area (Å²) >= 11 is 0. The molecule has 1 amide bonds. The topological polar surface area (TPSA) is 46.3 Å². The van der Waals surface area contributed by atoms with Gasteiger partial charge in [-0.15, -0.1) is 0 Å². The van der Waals surface area contributed by atoms with E-state index < -0.39 is 0 Å². The van der Waals surface area contributed by atoms with Gasteiger partial charge in [-0.25, -0.2) is 0 Å². The predicted molar refractivity (Wildman–Crippen MR) is 73.0 cm³/mol. The first-order chi connectivity index (χ1) is 8.10. The molecular formula is C14H22N2O. The fourth-order valence-electron chi connectivity index (χ4n) is 1.98. The summed E-state index contributed by atoms with van der Waals surface area (Å²) in [7, 11) is 0. The van der Waals surface area contributed by atoms with E-state index >= 15 is 0 Å². The fourth-order valence-corrected chi connectivity index (χ4v) is 1.98. The molecule has 0 aromatic heterocycles. The number of nitrogens with two attached hydrogens (primary N) is 1. The van der Waals surface area contributed by atoms with Crippen LogP contribution in [0.15, 0.2) is 24.3 Å². The minimum absolute atomic E-state index is 0.0707. The van der Waals surface area contributed by atoms with Crippen LogP contribution in [0.5, 0.6) is 0 Å². The lowest BCUT2D eigenvalue weighted by Gasteiger charge is -2.24. The largest absolute Gasteiger partial charge is 0.399 e. The number of nitrogens with zero attached hydrogens (tertiary/aromatic N) is 1. The Morgan fingerprint density at radius 3 is 2.65 bits per heavy atom. The van der Waals surface area contributed by atoms with Gasteiger partial charge in [-0.05, 0) is 31.5 Å². The number of amides is 1. The molecule has 0 saturated heterocycles. The van der Waals surface area contributed by atoms with Crippen LogP contribution in [-0.2, 0) is 4.79 Å². The highest BCUT2D eigenvalue weighted by molar-refractivity contribution is 5.95. The third kappa shape index (κ3) is 3.48. The van der Waals surface area contributed by atoms with Crippen LogP contribution in [0.1, 0.15) is 33.6 Å². The van der Waals surface area contributed by atoms with Crippen molar-refractivity contribution in [1.29, 1.82) is 0 Å². The molecule has 1 aromatic carbocycles. The summed E-state index contributed by atoms with van der Waals surface area (Å²) in [6.45, 7) is 6.75. The lowest BCUT2D eigenvalue weighted by atomic mass is 10.0. The molecule has 0 fully saturated rings. The van der Waals surface area contributed by atoms with Gasteiger partial charge >= 0.3 is 0 Å². The predicted octanol–water partition coefficient (Wildman–Crippen LogP) is 3.06. The van der Waals surface area contributed by atoms with Gasteiger partial charge < -0.3 is 10.6 Å². The third-order valence-corrected chi connectivity index (χ3v) is 2.91. The molecule has 0 saturated carbocycles. The minimum atomic E-state index is 0.0707. The Bertz CT molecular complexity index is 376. The molecule has 3 heteroatoms. The lowest BCUT2D eigenvalue weighted by molar-refractivity contribution is -0.122. The number of nitrogen functional groups attached to an aromatic ring is 1. The van der Waals surface area contributed by atoms with Gasteiger partial charge in [0.25, 0.3) is 0 Å². The molecule has 0 aliphatic carbocycles. The number of anilines is 2. The zero-order valence-corrected chi connectivity index (χ0v) is 10.9. The molecule has 94 valence electrons. The summed E-state index contributed by atoms with van der Waals surface area (Å²) in [4.78, 5) is 14.1. The molecular weight excluding hydrogens is 212 g/mol. The Kier molecular flexibility index (Phi) is 5.01. The van der Waals surface area contributed by atoms with Crippen LogP contribution < -0.4 is 10.6 Å². The SMILES string of the molecule is CCCC(C)C(=O)N(CC)c1cccc(N)c1. The van der Waals surface area contributed by atoms with E-state index in [1.165, 1.54) is 0 Å². The molecule has 1 unspecified atom stereocenters. The van der Waals surface area contributed by atoms with E-state index in [9.17, 15) is 4.79 Å². The summed E-state index contributed by atoms with van der Waals surface area (Å²) in [5.74, 6) is 0.251. The van der Waals surface area contributed by atoms with Gasteiger partial charge in [-0.2, -0.15) is 0 Å². The van der Waals surface area contributed by atoms with Gasteiger partial charge in [-0.3, -0.25) is 4.79 Å². The normalized spacial score (nSPS) is 12.2. The van der Waals surface area contributed by atoms with Crippen molar-refractivity contribution in [3.05, 3.63) is 24.3 Å². The first-order valence-corrected chi connectivity index (χ1v) is 6.27. The average molecular weight is 234 g/mol. The average Bonchev–Trinajstić information content (AvgIpc) is 2.30. The monoisotopic (exact) mass is 234 g/mol. The van der Waals surface area contributed by atoms with Gasteiger partial charge in [0.2, 0.25) is 5.91 Å². The number of hydrogen-bond acceptors (Lipinski definition) is 2. The van der Waals surface area contributed by atoms with Crippen molar-refractivity contribution in [3.8, 4) is 0 Å². The van der Waals surface area contributed by atoms with Crippen LogP contribution >= 0.6 is 0 Å². The zero-order chi connectivity index (χ0) is 12.8. The summed E-state index contributed by atoms with van der Waals surface area (Å²) in [6, 6.07) is 7.48. The molecule has 1 aromatic rings. The first-order valence-electron chi connectivity index (χ1n) is 6.27. The van der Waals surface area contributed by atoms with Crippen molar-refractivity contribution in [2.24, 2.45) is 5.92 Å². The Hall–Kier alpha value is -1.51. The van der Waals surface area contributed by atoms with Crippen LogP contribution in [-0.4, -0.2) is 12.5 Å². The standard InChI is InChI=1S/C14H22N2O/c1-4-7-11(3)14(17)16(5-2)13-9-6-8-12(15)10-13/h6,8-11H,4-5,7,15H2,1-3H3. The van der Waals surface area contributed by atoms with Gasteiger partial charge in [0.05, 0.1) is 0 Å². The maximum atomic E-state index is 12.3. The Morgan fingerprint density at radius 1 is 1.41 bits per heavy atom. The number of benzene rings is 1. The fraction of sp³-hybridized carbons (Fsp3) is 0.500. The van der Waals surface area contributed by atoms with E-state index in [-0.39, 0.29) is 11.8 Å². The number of hydrogen-bond donors (Lipinski definition) is 1. The van der Waals surface area contributed by atoms with E-state index in [4.69, 9.17) is 5.73 Å². The van der Waals surface area contributed by atoms with E-state index in [0.29, 0.717) is 12.2 Å². The molecule has 0 aliphatic heterocycles. The van der Waals surface area contributed by atoms with Crippen LogP contribution in [0.3, 0.4) is 0 Å². The highest BCUT2D eigenvalue weighted by atomic mass is 16.2. The number of rotatable bonds is 5. The molecule has 17 heavy (non-hydrogen) atoms. The molecule has 1 rings (SSSR count). The van der Waals surface area contributed by atoms with E-state index in [1.807, 2.05) is 38.1 Å². The second-order valence-corrected chi connectivity index (χ2v) is 4.37. The van der Waals surface area contributed by atoms with E-state index in [1.54, 1.807) is 4.90 Å². The summed E-state index contributed by atoms with van der Waals surface area (Å²) < 4.78 is 0. The maximum absolute atomic E-state index is 12.3. The van der Waals surface area contributed by atoms with E-state index in [2.05, 4.69) is 6.92 Å². The summed E-state index contributed by atoms with van der Waals surface area (Å²) in [5.41, 5.74) is 7.33. The van der Waals surface area contributed by atoms with Crippen molar-refractivity contribution < 1.29 is 4.79 Å². The molecule has 0 heterocycles. The molecule has 3 nitrogen and oxygen atoms in total. The van der Waals surface area contributed by atoms with Gasteiger partial charge in [0, 0.05) is 23.8 Å². The van der Waals surface area contributed by atoms with Gasteiger partial charge in [0.15, 0.2) is 0 Å². The Morgan fingerprint density at radius 2 is 2.12 bits per heavy atom. The van der Waals surface area contributed by atoms with Crippen LogP contribution in [0.25, 0.3) is 0 Å². The van der Waals surface area contributed by atoms with Crippen molar-refractivity contribution in [2.45, 2.75) is 33.6 Å². The quantitative estimate of drug-likeness (QED) is 0.796. The van der Waals surface area contributed by atoms with Crippen LogP contribution in [0.2, 0.25) is 0 Å². The Balaban J connectivity index is 2.88. The van der Waals surface area contributed by atoms with Crippen LogP contribution in [0.4, 0.5) is 11.4 Å². The minimum Gasteiger partial charge on any atom is -0.399 e. The number of carbonyl (C=O) groups is 1. The highest BCUT2D eigenvalue weighted by Gasteiger charge is 2.19. The molecule has 0 aliphatic rings. The summed E-state index contributed by atoms with van der Waals surface area (Å²) in [5, 5.41) is 0. The van der Waals surface area contributed by atoms with Crippen molar-refractivity contribution in [2.75, 3.05) is 17.2 Å². The van der Waals surface area contributed by atoms with Gasteiger partial charge in [0.1, 0.15) is 0 Å². The van der Waals surface area contributed by atoms with Crippen molar-refractivity contribution in [3.63, 3.8) is 0 Å². The smallest absolute Gasteiger partial charge is 0.229 e. The number of carbonyl (C=O) groups excluding carboxylic acids is 1.